The van der Waals surface area contributed by atoms with Gasteiger partial charge in [0.1, 0.15) is 0 Å². The third kappa shape index (κ3) is 8.11. The highest BCUT2D eigenvalue weighted by molar-refractivity contribution is 5.51. The minimum atomic E-state index is -0.414. The van der Waals surface area contributed by atoms with E-state index in [1.165, 1.54) is 23.4 Å². The zero-order valence-corrected chi connectivity index (χ0v) is 38.9. The molecular weight excluding hydrogens is 903 g/mol. The maximum Gasteiger partial charge on any atom is 0.269 e. The van der Waals surface area contributed by atoms with Crippen LogP contribution < -0.4 is 22.9 Å². The normalized spacial score (nSPS) is 17.5. The number of anilines is 4. The molecular formula is C48H51N21O2. The van der Waals surface area contributed by atoms with Crippen molar-refractivity contribution in [2.24, 2.45) is 5.92 Å². The van der Waals surface area contributed by atoms with E-state index in [1.54, 1.807) is 37.4 Å². The fourth-order valence-electron chi connectivity index (χ4n) is 10.4. The number of nitro groups is 1. The molecule has 4 unspecified atom stereocenters. The average Bonchev–Trinajstić information content (AvgIpc) is 4.21. The Morgan fingerprint density at radius 1 is 0.493 bits per heavy atom. The van der Waals surface area contributed by atoms with Crippen molar-refractivity contribution >= 4 is 29.5 Å². The fourth-order valence-corrected chi connectivity index (χ4v) is 10.4. The summed E-state index contributed by atoms with van der Waals surface area (Å²) in [5, 5.41) is 10.8. The third-order valence-corrected chi connectivity index (χ3v) is 13.5. The highest BCUT2D eigenvalue weighted by Crippen LogP contribution is 2.41. The van der Waals surface area contributed by atoms with Crippen LogP contribution in [0.4, 0.5) is 29.5 Å². The van der Waals surface area contributed by atoms with Crippen molar-refractivity contribution in [2.75, 3.05) is 22.9 Å². The molecule has 71 heavy (non-hydrogen) atoms. The Labute approximate surface area is 404 Å². The monoisotopic (exact) mass is 953 g/mol. The summed E-state index contributed by atoms with van der Waals surface area (Å²) in [5.41, 5.74) is 41.8. The lowest BCUT2D eigenvalue weighted by atomic mass is 9.83. The Morgan fingerprint density at radius 2 is 0.873 bits per heavy atom. The first-order valence-corrected chi connectivity index (χ1v) is 23.1. The molecule has 4 aliphatic carbocycles. The van der Waals surface area contributed by atoms with Crippen molar-refractivity contribution in [1.29, 1.82) is 0 Å². The van der Waals surface area contributed by atoms with Gasteiger partial charge in [-0.2, -0.15) is 0 Å². The first-order chi connectivity index (χ1) is 34.4. The number of non-ortho nitro benzene ring substituents is 1. The number of H-pyrrole nitrogens is 8. The zero-order chi connectivity index (χ0) is 49.1. The molecule has 0 fully saturated rings. The molecule has 16 N–H and O–H groups in total. The van der Waals surface area contributed by atoms with Crippen LogP contribution in [0, 0.1) is 16.0 Å². The van der Waals surface area contributed by atoms with Gasteiger partial charge in [-0.25, -0.2) is 39.9 Å². The summed E-state index contributed by atoms with van der Waals surface area (Å²) < 4.78 is 0. The Morgan fingerprint density at radius 3 is 1.35 bits per heavy atom. The number of rotatable bonds is 4. The van der Waals surface area contributed by atoms with Gasteiger partial charge in [-0.15, -0.1) is 0 Å². The summed E-state index contributed by atoms with van der Waals surface area (Å²) in [6.45, 7) is 6.46. The van der Waals surface area contributed by atoms with Gasteiger partial charge in [0, 0.05) is 95.2 Å². The van der Waals surface area contributed by atoms with Crippen LogP contribution in [0.5, 0.6) is 0 Å². The van der Waals surface area contributed by atoms with Gasteiger partial charge in [0.15, 0.2) is 23.8 Å². The molecule has 0 radical (unpaired) electrons. The molecule has 10 aromatic rings. The summed E-state index contributed by atoms with van der Waals surface area (Å²) in [6, 6.07) is 16.7. The molecule has 0 saturated heterocycles. The number of nitrogen functional groups attached to an aromatic ring is 4. The molecule has 14 rings (SSSR count). The third-order valence-electron chi connectivity index (χ3n) is 13.5. The second-order valence-corrected chi connectivity index (χ2v) is 18.3. The van der Waals surface area contributed by atoms with Crippen LogP contribution in [0.1, 0.15) is 147 Å². The highest BCUT2D eigenvalue weighted by atomic mass is 16.6. The van der Waals surface area contributed by atoms with Crippen LogP contribution in [0.2, 0.25) is 0 Å². The van der Waals surface area contributed by atoms with Crippen molar-refractivity contribution in [2.45, 2.75) is 70.1 Å². The zero-order valence-electron chi connectivity index (χ0n) is 38.9. The molecule has 0 bridgehead atoms. The Kier molecular flexibility index (Phi) is 11.0. The number of nitrogens with zero attached hydrogens (tertiary/aromatic N) is 9. The summed E-state index contributed by atoms with van der Waals surface area (Å²) in [4.78, 5) is 70.6. The molecule has 23 heteroatoms. The standard InChI is InChI=1S/C14H12N6O2.C14H13N5.C11H15N5.C9H11N5/c15-14-18-10-5-9-12(17-6-16-9)11(13(10)19-14)7-1-3-8(4-2-7)20(21)22;15-14-18-10-6-9-12(17-7-16-9)11(13(10)19-14)8-4-2-1-3-5-8;1-5(2)8-9-6(13-4-14-9)3-7-10(8)16-11(12)15-7;1-4-7-5(11-3-12-7)2-6-8(4)14-9(10)13-6/h1-4,6,11H,5H2,(H,16,17)(H3,15,18,19);1-5,7,11H,6H2,(H,16,17)(H3,15,18,19);4-5,8H,3H2,1-2H3,(H,13,14)(H3,12,15,16);3-4H,2H2,1H3,(H,11,12)(H3,10,13,14). The Bertz CT molecular complexity index is 3510. The Balaban J connectivity index is 0.000000104. The molecule has 360 valence electrons. The van der Waals surface area contributed by atoms with Crippen molar-refractivity contribution in [3.63, 3.8) is 0 Å². The van der Waals surface area contributed by atoms with Crippen molar-refractivity contribution in [1.82, 2.24) is 79.7 Å². The lowest BCUT2D eigenvalue weighted by Gasteiger charge is -2.23. The number of nitro benzene ring substituents is 1. The number of aromatic amines is 8. The van der Waals surface area contributed by atoms with E-state index in [0.717, 1.165) is 110 Å². The minimum Gasteiger partial charge on any atom is -0.369 e. The van der Waals surface area contributed by atoms with E-state index < -0.39 is 4.92 Å². The maximum atomic E-state index is 10.8. The van der Waals surface area contributed by atoms with Crippen molar-refractivity contribution < 1.29 is 4.92 Å². The Hall–Kier alpha value is -9.28. The molecule has 0 spiro atoms. The number of fused-ring (bicyclic) bond motifs is 8. The summed E-state index contributed by atoms with van der Waals surface area (Å²) in [6.07, 6.45) is 9.97. The van der Waals surface area contributed by atoms with Crippen LogP contribution in [0.15, 0.2) is 79.9 Å². The fraction of sp³-hybridized carbons (Fsp3) is 0.250. The average molecular weight is 954 g/mol. The first-order valence-electron chi connectivity index (χ1n) is 23.1. The highest BCUT2D eigenvalue weighted by Gasteiger charge is 2.35. The van der Waals surface area contributed by atoms with Crippen LogP contribution in [0.25, 0.3) is 0 Å². The number of nitrogens with one attached hydrogen (secondary N) is 8. The molecule has 0 saturated carbocycles. The van der Waals surface area contributed by atoms with Gasteiger partial charge in [-0.1, -0.05) is 63.2 Å². The van der Waals surface area contributed by atoms with E-state index >= 15 is 0 Å². The lowest BCUT2D eigenvalue weighted by Crippen LogP contribution is -2.18. The SMILES string of the molecule is CC(C)C1c2nc[nH]c2Cc2[nH]c(N)nc21.CC1c2nc[nH]c2Cc2[nH]c(N)nc21.Nc1nc2c([nH]1)Cc1[nH]cnc1C2c1ccc([N+](=O)[O-])cc1.Nc1nc2c([nH]1)Cc1[nH]cnc1C2c1ccccc1. The minimum absolute atomic E-state index is 0.0553. The quantitative estimate of drug-likeness (QED) is 0.0745. The van der Waals surface area contributed by atoms with Crippen molar-refractivity contribution in [3.8, 4) is 0 Å². The maximum absolute atomic E-state index is 10.8. The smallest absolute Gasteiger partial charge is 0.269 e. The second-order valence-electron chi connectivity index (χ2n) is 18.3. The predicted molar refractivity (Wildman–Crippen MR) is 263 cm³/mol. The molecule has 23 nitrogen and oxygen atoms in total. The van der Waals surface area contributed by atoms with Gasteiger partial charge in [0.2, 0.25) is 0 Å². The van der Waals surface area contributed by atoms with E-state index in [-0.39, 0.29) is 29.4 Å². The summed E-state index contributed by atoms with van der Waals surface area (Å²) in [5.74, 6) is 2.64. The lowest BCUT2D eigenvalue weighted by molar-refractivity contribution is -0.384. The van der Waals surface area contributed by atoms with E-state index in [0.29, 0.717) is 36.1 Å². The number of hydrogen-bond acceptors (Lipinski definition) is 14. The molecule has 0 aliphatic heterocycles. The summed E-state index contributed by atoms with van der Waals surface area (Å²) in [7, 11) is 0. The van der Waals surface area contributed by atoms with Gasteiger partial charge < -0.3 is 62.8 Å². The largest absolute Gasteiger partial charge is 0.369 e. The molecule has 8 heterocycles. The van der Waals surface area contributed by atoms with E-state index in [1.807, 2.05) is 18.2 Å². The molecule has 4 aliphatic rings. The van der Waals surface area contributed by atoms with E-state index in [9.17, 15) is 10.1 Å². The first kappa shape index (κ1) is 44.2. The van der Waals surface area contributed by atoms with E-state index in [4.69, 9.17) is 22.9 Å². The van der Waals surface area contributed by atoms with Gasteiger partial charge in [-0.05, 0) is 17.0 Å². The second kappa shape index (κ2) is 17.7. The van der Waals surface area contributed by atoms with Crippen LogP contribution in [0.3, 0.4) is 0 Å². The van der Waals surface area contributed by atoms with Gasteiger partial charge in [0.05, 0.1) is 87.6 Å². The molecule has 2 aromatic carbocycles. The van der Waals surface area contributed by atoms with Crippen molar-refractivity contribution in [3.05, 3.63) is 192 Å². The van der Waals surface area contributed by atoms with Gasteiger partial charge >= 0.3 is 0 Å². The molecule has 0 amide bonds. The molecule has 8 aromatic heterocycles. The number of aromatic nitrogens is 16. The van der Waals surface area contributed by atoms with Crippen LogP contribution in [-0.4, -0.2) is 84.7 Å². The van der Waals surface area contributed by atoms with Gasteiger partial charge in [-0.3, -0.25) is 10.1 Å². The predicted octanol–water partition coefficient (Wildman–Crippen LogP) is 5.69. The number of imidazole rings is 8. The topological polar surface area (TPSA) is 377 Å². The van der Waals surface area contributed by atoms with E-state index in [2.05, 4.69) is 113 Å². The van der Waals surface area contributed by atoms with Gasteiger partial charge in [0.25, 0.3) is 5.69 Å². The van der Waals surface area contributed by atoms with Crippen LogP contribution in [-0.2, 0) is 25.7 Å². The summed E-state index contributed by atoms with van der Waals surface area (Å²) >= 11 is 0. The number of benzene rings is 2. The molecule has 4 atom stereocenters. The van der Waals surface area contributed by atoms with Crippen LogP contribution >= 0.6 is 0 Å². The number of nitrogens with two attached hydrogens (primary N) is 4. The number of hydrogen-bond donors (Lipinski definition) is 12.